The number of phenolic OH excluding ortho intramolecular Hbond substituents is 1. The topological polar surface area (TPSA) is 71.8 Å². The van der Waals surface area contributed by atoms with Crippen LogP contribution in [0.2, 0.25) is 6.32 Å². The number of aromatic hydroxyl groups is 1. The Morgan fingerprint density at radius 1 is 1.40 bits per heavy atom. The number of rotatable bonds is 8. The van der Waals surface area contributed by atoms with Crippen LogP contribution in [0, 0.1) is 0 Å². The second-order valence-corrected chi connectivity index (χ2v) is 8.05. The molecule has 5 nitrogen and oxygen atoms in total. The standard InChI is InChI=1S/C23H25BBrNO4/c1-16(15-29-2)20-10-11-24(28)30-23(20)9-6-17(21-5-3-4-12-26-21)13-18-14-19(25)7-8-22(18)27/h3-5,7-8,10,12-14,23,27-28H,1,6,9,11,15H2,2H3/b17-13-. The molecule has 0 spiro atoms. The van der Waals surface area contributed by atoms with Gasteiger partial charge in [0.1, 0.15) is 5.75 Å². The third-order valence-corrected chi connectivity index (χ3v) is 5.42. The Balaban J connectivity index is 1.87. The second kappa shape index (κ2) is 10.7. The Morgan fingerprint density at radius 2 is 2.23 bits per heavy atom. The lowest BCUT2D eigenvalue weighted by atomic mass is 9.78. The van der Waals surface area contributed by atoms with Crippen molar-refractivity contribution in [1.82, 2.24) is 4.98 Å². The first kappa shape index (κ1) is 22.5. The van der Waals surface area contributed by atoms with E-state index in [1.807, 2.05) is 36.4 Å². The van der Waals surface area contributed by atoms with Crippen molar-refractivity contribution in [2.45, 2.75) is 25.3 Å². The van der Waals surface area contributed by atoms with E-state index in [1.54, 1.807) is 25.4 Å². The quantitative estimate of drug-likeness (QED) is 0.539. The molecule has 1 aromatic carbocycles. The zero-order chi connectivity index (χ0) is 21.5. The summed E-state index contributed by atoms with van der Waals surface area (Å²) in [5.74, 6) is 0.199. The number of ether oxygens (including phenoxy) is 1. The number of methoxy groups -OCH3 is 1. The first-order valence-corrected chi connectivity index (χ1v) is 10.6. The summed E-state index contributed by atoms with van der Waals surface area (Å²) in [4.78, 5) is 4.49. The Bertz CT molecular complexity index is 945. The van der Waals surface area contributed by atoms with E-state index in [1.165, 1.54) is 0 Å². The molecule has 30 heavy (non-hydrogen) atoms. The van der Waals surface area contributed by atoms with E-state index < -0.39 is 7.12 Å². The van der Waals surface area contributed by atoms with Crippen molar-refractivity contribution in [3.8, 4) is 5.75 Å². The summed E-state index contributed by atoms with van der Waals surface area (Å²) < 4.78 is 11.9. The zero-order valence-corrected chi connectivity index (χ0v) is 18.5. The van der Waals surface area contributed by atoms with Gasteiger partial charge < -0.3 is 19.5 Å². The van der Waals surface area contributed by atoms with Gasteiger partial charge in [0.05, 0.1) is 18.4 Å². The number of benzene rings is 1. The molecule has 0 saturated heterocycles. The van der Waals surface area contributed by atoms with E-state index in [2.05, 4.69) is 27.5 Å². The summed E-state index contributed by atoms with van der Waals surface area (Å²) in [7, 11) is 0.802. The molecule has 2 aromatic rings. The predicted molar refractivity (Wildman–Crippen MR) is 124 cm³/mol. The van der Waals surface area contributed by atoms with Crippen LogP contribution in [-0.4, -0.2) is 42.1 Å². The molecule has 0 bridgehead atoms. The third-order valence-electron chi connectivity index (χ3n) is 4.92. The minimum atomic E-state index is -0.828. The molecule has 1 aromatic heterocycles. The molecule has 1 unspecified atom stereocenters. The van der Waals surface area contributed by atoms with E-state index in [0.717, 1.165) is 26.9 Å². The third kappa shape index (κ3) is 5.92. The lowest BCUT2D eigenvalue weighted by Gasteiger charge is -2.28. The fraction of sp³-hybridized carbons (Fsp3) is 0.261. The van der Waals surface area contributed by atoms with Crippen LogP contribution in [0.4, 0.5) is 0 Å². The maximum atomic E-state index is 10.3. The highest BCUT2D eigenvalue weighted by atomic mass is 79.9. The first-order valence-electron chi connectivity index (χ1n) is 9.79. The molecule has 2 heterocycles. The van der Waals surface area contributed by atoms with Gasteiger partial charge in [0.2, 0.25) is 0 Å². The van der Waals surface area contributed by atoms with Crippen LogP contribution in [0.25, 0.3) is 11.6 Å². The Kier molecular flexibility index (Phi) is 8.04. The summed E-state index contributed by atoms with van der Waals surface area (Å²) in [6.45, 7) is 4.51. The van der Waals surface area contributed by atoms with Gasteiger partial charge in [-0.05, 0) is 66.0 Å². The molecule has 0 radical (unpaired) electrons. The average molecular weight is 470 g/mol. The fourth-order valence-electron chi connectivity index (χ4n) is 3.47. The zero-order valence-electron chi connectivity index (χ0n) is 16.9. The van der Waals surface area contributed by atoms with Crippen molar-refractivity contribution in [3.05, 3.63) is 82.1 Å². The predicted octanol–water partition coefficient (Wildman–Crippen LogP) is 4.88. The van der Waals surface area contributed by atoms with E-state index >= 15 is 0 Å². The molecule has 0 saturated carbocycles. The van der Waals surface area contributed by atoms with Gasteiger partial charge in [-0.1, -0.05) is 34.7 Å². The smallest absolute Gasteiger partial charge is 0.458 e. The van der Waals surface area contributed by atoms with Gasteiger partial charge in [-0.3, -0.25) is 4.98 Å². The molecule has 0 amide bonds. The molecular formula is C23H25BBrNO4. The number of hydrogen-bond acceptors (Lipinski definition) is 5. The first-order chi connectivity index (χ1) is 14.5. The minimum Gasteiger partial charge on any atom is -0.507 e. The number of allylic oxidation sites excluding steroid dienone is 2. The van der Waals surface area contributed by atoms with Crippen LogP contribution < -0.4 is 0 Å². The molecule has 1 aliphatic rings. The van der Waals surface area contributed by atoms with Crippen LogP contribution in [0.5, 0.6) is 5.75 Å². The number of hydrogen-bond donors (Lipinski definition) is 2. The van der Waals surface area contributed by atoms with Gasteiger partial charge in [0, 0.05) is 29.7 Å². The average Bonchev–Trinajstić information content (AvgIpc) is 2.74. The molecule has 1 atom stereocenters. The molecule has 3 rings (SSSR count). The summed E-state index contributed by atoms with van der Waals surface area (Å²) in [5, 5.41) is 20.3. The van der Waals surface area contributed by atoms with Crippen molar-refractivity contribution in [2.24, 2.45) is 0 Å². The number of aromatic nitrogens is 1. The van der Waals surface area contributed by atoms with Crippen LogP contribution in [0.3, 0.4) is 0 Å². The largest absolute Gasteiger partial charge is 0.507 e. The van der Waals surface area contributed by atoms with Gasteiger partial charge in [-0.2, -0.15) is 0 Å². The molecule has 156 valence electrons. The highest BCUT2D eigenvalue weighted by Crippen LogP contribution is 2.32. The van der Waals surface area contributed by atoms with Gasteiger partial charge in [0.25, 0.3) is 0 Å². The van der Waals surface area contributed by atoms with Crippen molar-refractivity contribution in [3.63, 3.8) is 0 Å². The van der Waals surface area contributed by atoms with Crippen molar-refractivity contribution in [1.29, 1.82) is 0 Å². The molecule has 0 fully saturated rings. The van der Waals surface area contributed by atoms with E-state index in [-0.39, 0.29) is 11.9 Å². The maximum absolute atomic E-state index is 10.3. The Morgan fingerprint density at radius 3 is 2.97 bits per heavy atom. The fourth-order valence-corrected chi connectivity index (χ4v) is 3.85. The molecule has 0 aliphatic carbocycles. The van der Waals surface area contributed by atoms with Crippen molar-refractivity contribution < 1.29 is 19.5 Å². The number of nitrogens with zero attached hydrogens (tertiary/aromatic N) is 1. The Labute approximate surface area is 186 Å². The number of pyridine rings is 1. The highest BCUT2D eigenvalue weighted by molar-refractivity contribution is 9.10. The van der Waals surface area contributed by atoms with Gasteiger partial charge in [-0.15, -0.1) is 0 Å². The van der Waals surface area contributed by atoms with Gasteiger partial charge >= 0.3 is 7.12 Å². The summed E-state index contributed by atoms with van der Waals surface area (Å²) in [5.41, 5.74) is 4.31. The van der Waals surface area contributed by atoms with E-state index in [4.69, 9.17) is 9.39 Å². The van der Waals surface area contributed by atoms with Crippen molar-refractivity contribution >= 4 is 34.7 Å². The molecule has 7 heteroatoms. The van der Waals surface area contributed by atoms with Crippen molar-refractivity contribution in [2.75, 3.05) is 13.7 Å². The highest BCUT2D eigenvalue weighted by Gasteiger charge is 2.28. The van der Waals surface area contributed by atoms with Crippen LogP contribution in [0.15, 0.2) is 70.9 Å². The summed E-state index contributed by atoms with van der Waals surface area (Å²) in [6, 6.07) is 11.1. The summed E-state index contributed by atoms with van der Waals surface area (Å²) >= 11 is 3.46. The molecule has 2 N–H and O–H groups in total. The molecule has 1 aliphatic heterocycles. The lowest BCUT2D eigenvalue weighted by molar-refractivity contribution is 0.177. The van der Waals surface area contributed by atoms with Crippen LogP contribution in [-0.2, 0) is 9.39 Å². The number of phenols is 1. The Hall–Kier alpha value is -2.19. The van der Waals surface area contributed by atoms with E-state index in [9.17, 15) is 10.1 Å². The van der Waals surface area contributed by atoms with Crippen LogP contribution in [0.1, 0.15) is 24.1 Å². The second-order valence-electron chi connectivity index (χ2n) is 7.14. The molecular weight excluding hydrogens is 445 g/mol. The van der Waals surface area contributed by atoms with E-state index in [0.29, 0.717) is 31.3 Å². The van der Waals surface area contributed by atoms with Gasteiger partial charge in [-0.25, -0.2) is 0 Å². The lowest BCUT2D eigenvalue weighted by Crippen LogP contribution is -2.32. The van der Waals surface area contributed by atoms with Crippen LogP contribution >= 0.6 is 15.9 Å². The summed E-state index contributed by atoms with van der Waals surface area (Å²) in [6.07, 6.45) is 7.07. The monoisotopic (exact) mass is 469 g/mol. The SMILES string of the molecule is C=C(COC)C1=CCB(O)OC1CC/C(=C/c1cc(Br)ccc1O)c1ccccn1. The maximum Gasteiger partial charge on any atom is 0.458 e. The van der Waals surface area contributed by atoms with Gasteiger partial charge in [0.15, 0.2) is 0 Å². The minimum absolute atomic E-state index is 0.199. The number of halogens is 1. The normalized spacial score (nSPS) is 17.0.